The van der Waals surface area contributed by atoms with E-state index in [-0.39, 0.29) is 47.0 Å². The zero-order valence-electron chi connectivity index (χ0n) is 33.9. The fourth-order valence-electron chi connectivity index (χ4n) is 10.2. The maximum atomic E-state index is 15.6. The Hall–Kier alpha value is -5.96. The second-order valence-electron chi connectivity index (χ2n) is 16.9. The van der Waals surface area contributed by atoms with Crippen LogP contribution in [0, 0.1) is 11.7 Å². The summed E-state index contributed by atoms with van der Waals surface area (Å²) in [7, 11) is 1.90. The Balaban J connectivity index is 0.888. The van der Waals surface area contributed by atoms with Gasteiger partial charge in [-0.3, -0.25) is 34.1 Å². The van der Waals surface area contributed by atoms with Crippen molar-refractivity contribution in [1.29, 1.82) is 0 Å². The molecular formula is C45H51FN10O4. The highest BCUT2D eigenvalue weighted by Crippen LogP contribution is 2.38. The number of rotatable bonds is 9. The predicted octanol–water partition coefficient (Wildman–Crippen LogP) is 5.03. The van der Waals surface area contributed by atoms with Gasteiger partial charge in [0.15, 0.2) is 5.82 Å². The number of piperazine rings is 1. The lowest BCUT2D eigenvalue weighted by molar-refractivity contribution is -0.134. The van der Waals surface area contributed by atoms with Gasteiger partial charge in [0.25, 0.3) is 5.56 Å². The van der Waals surface area contributed by atoms with Crippen molar-refractivity contribution in [2.24, 2.45) is 18.7 Å². The number of aryl methyl sites for hydroxylation is 1. The first-order valence-corrected chi connectivity index (χ1v) is 21.3. The summed E-state index contributed by atoms with van der Waals surface area (Å²) in [5, 5.41) is 8.13. The molecule has 2 aliphatic carbocycles. The van der Waals surface area contributed by atoms with Gasteiger partial charge < -0.3 is 20.5 Å². The number of nitrogens with two attached hydrogens (primary N) is 1. The highest BCUT2D eigenvalue weighted by atomic mass is 19.1. The van der Waals surface area contributed by atoms with Gasteiger partial charge in [0.2, 0.25) is 23.7 Å². The highest BCUT2D eigenvalue weighted by molar-refractivity contribution is 6.02. The quantitative estimate of drug-likeness (QED) is 0.171. The van der Waals surface area contributed by atoms with Crippen LogP contribution in [-0.2, 0) is 21.4 Å². The molecule has 14 nitrogen and oxygen atoms in total. The van der Waals surface area contributed by atoms with E-state index in [1.807, 2.05) is 23.9 Å². The van der Waals surface area contributed by atoms with Gasteiger partial charge in [-0.1, -0.05) is 18.2 Å². The van der Waals surface area contributed by atoms with E-state index >= 15 is 4.39 Å². The number of hydrogen-bond donors (Lipinski definition) is 3. The monoisotopic (exact) mass is 814 g/mol. The smallest absolute Gasteiger partial charge is 0.255 e. The van der Waals surface area contributed by atoms with E-state index in [0.717, 1.165) is 87.0 Å². The fraction of sp³-hybridized carbons (Fsp3) is 0.444. The highest BCUT2D eigenvalue weighted by Gasteiger charge is 2.38. The molecule has 4 fully saturated rings. The summed E-state index contributed by atoms with van der Waals surface area (Å²) in [6, 6.07) is 17.8. The van der Waals surface area contributed by atoms with Crippen LogP contribution >= 0.6 is 0 Å². The molecule has 2 saturated carbocycles. The van der Waals surface area contributed by atoms with E-state index in [4.69, 9.17) is 15.8 Å². The van der Waals surface area contributed by atoms with Crippen molar-refractivity contribution >= 4 is 40.3 Å². The Kier molecular flexibility index (Phi) is 10.9. The molecule has 60 heavy (non-hydrogen) atoms. The lowest BCUT2D eigenvalue weighted by atomic mass is 9.82. The number of benzene rings is 2. The molecule has 15 heteroatoms. The van der Waals surface area contributed by atoms with Crippen LogP contribution in [0.25, 0.3) is 33.3 Å². The number of pyridine rings is 1. The lowest BCUT2D eigenvalue weighted by Gasteiger charge is -2.46. The number of piperidine rings is 1. The molecule has 4 aliphatic rings. The Bertz CT molecular complexity index is 2480. The van der Waals surface area contributed by atoms with Crippen LogP contribution < -0.4 is 26.4 Å². The van der Waals surface area contributed by atoms with Crippen LogP contribution in [0.5, 0.6) is 0 Å². The molecule has 9 rings (SSSR count). The van der Waals surface area contributed by atoms with E-state index in [2.05, 4.69) is 48.2 Å². The van der Waals surface area contributed by atoms with E-state index in [1.165, 1.54) is 6.20 Å². The number of carbonyl (C=O) groups excluding carboxylic acids is 3. The van der Waals surface area contributed by atoms with Gasteiger partial charge in [0.05, 0.1) is 23.3 Å². The summed E-state index contributed by atoms with van der Waals surface area (Å²) in [6.07, 6.45) is 10.5. The van der Waals surface area contributed by atoms with Crippen LogP contribution in [0.3, 0.4) is 0 Å². The van der Waals surface area contributed by atoms with Crippen LogP contribution in [-0.4, -0.2) is 91.7 Å². The summed E-state index contributed by atoms with van der Waals surface area (Å²) >= 11 is 0. The van der Waals surface area contributed by atoms with Gasteiger partial charge in [-0.15, -0.1) is 0 Å². The van der Waals surface area contributed by atoms with Crippen LogP contribution in [0.1, 0.15) is 75.8 Å². The minimum absolute atomic E-state index is 0.0927. The standard InChI is InChI=1S/C45H51FN10O4/c1-53-38-25-33(15-16-35(38)41(52-53)36-17-18-39(57)50-44(36)60)55-22-20-54(21-23-55)30-11-13-32(14-12-30)56(31-9-7-27(8-10-31)42(47)58)45-49-26-37(46)40(51-45)29-5-2-4-28(24-29)34-6-3-19-48-43(34)59/h2-6,15-16,19,24-27,30-32,36H,7-14,17-18,20-23H2,1H3,(H2,47,58)(H,48,59)(H,50,57,60). The van der Waals surface area contributed by atoms with Gasteiger partial charge in [-0.2, -0.15) is 5.10 Å². The number of hydrogen-bond acceptors (Lipinski definition) is 10. The van der Waals surface area contributed by atoms with Crippen LogP contribution in [0.15, 0.2) is 71.8 Å². The molecule has 5 aromatic rings. The molecule has 312 valence electrons. The molecule has 2 aliphatic heterocycles. The molecular weight excluding hydrogens is 764 g/mol. The molecule has 0 bridgehead atoms. The molecule has 0 radical (unpaired) electrons. The zero-order valence-corrected chi connectivity index (χ0v) is 33.9. The van der Waals surface area contributed by atoms with E-state index < -0.39 is 11.7 Å². The number of amides is 3. The second-order valence-corrected chi connectivity index (χ2v) is 16.9. The lowest BCUT2D eigenvalue weighted by Crippen LogP contribution is -2.54. The van der Waals surface area contributed by atoms with E-state index in [9.17, 15) is 19.2 Å². The Labute approximate surface area is 347 Å². The Morgan fingerprint density at radius 3 is 2.32 bits per heavy atom. The topological polar surface area (TPSA) is 175 Å². The third kappa shape index (κ3) is 7.78. The van der Waals surface area contributed by atoms with Crippen molar-refractivity contribution in [2.45, 2.75) is 88.3 Å². The SMILES string of the molecule is Cn1nc(C2CCC(=O)NC2=O)c2ccc(N3CCN(C4CCC(N(c5ncc(F)c(-c6cccc(-c7ccc[nH]c7=O)c6)n5)C5CCC(C(N)=O)CC5)CC4)CC3)cc21. The minimum atomic E-state index is -0.532. The van der Waals surface area contributed by atoms with Gasteiger partial charge in [0.1, 0.15) is 5.69 Å². The Morgan fingerprint density at radius 1 is 0.867 bits per heavy atom. The molecule has 2 aromatic carbocycles. The average molecular weight is 815 g/mol. The minimum Gasteiger partial charge on any atom is -0.369 e. The zero-order chi connectivity index (χ0) is 41.5. The van der Waals surface area contributed by atoms with Crippen molar-refractivity contribution < 1.29 is 18.8 Å². The predicted molar refractivity (Wildman–Crippen MR) is 227 cm³/mol. The second kappa shape index (κ2) is 16.6. The summed E-state index contributed by atoms with van der Waals surface area (Å²) in [5.41, 5.74) is 10.2. The number of halogens is 1. The summed E-state index contributed by atoms with van der Waals surface area (Å²) in [4.78, 5) is 68.7. The normalized spacial score (nSPS) is 24.0. The number of carbonyl (C=O) groups is 3. The number of aromatic amines is 1. The van der Waals surface area contributed by atoms with E-state index in [0.29, 0.717) is 54.4 Å². The van der Waals surface area contributed by atoms with Gasteiger partial charge >= 0.3 is 0 Å². The van der Waals surface area contributed by atoms with Crippen LogP contribution in [0.2, 0.25) is 0 Å². The summed E-state index contributed by atoms with van der Waals surface area (Å²) in [5.74, 6) is -1.39. The number of anilines is 2. The fourth-order valence-corrected chi connectivity index (χ4v) is 10.2. The van der Waals surface area contributed by atoms with Crippen molar-refractivity contribution in [3.05, 3.63) is 88.9 Å². The van der Waals surface area contributed by atoms with Gasteiger partial charge in [-0.05, 0) is 99.7 Å². The van der Waals surface area contributed by atoms with Crippen molar-refractivity contribution in [1.82, 2.24) is 34.9 Å². The maximum Gasteiger partial charge on any atom is 0.255 e. The van der Waals surface area contributed by atoms with Crippen LogP contribution in [0.4, 0.5) is 16.0 Å². The number of fused-ring (bicyclic) bond motifs is 1. The molecule has 3 amide bonds. The first-order valence-electron chi connectivity index (χ1n) is 21.3. The number of nitrogens with zero attached hydrogens (tertiary/aromatic N) is 7. The molecule has 2 saturated heterocycles. The van der Waals surface area contributed by atoms with Gasteiger partial charge in [-0.25, -0.2) is 14.4 Å². The van der Waals surface area contributed by atoms with Crippen molar-refractivity contribution in [2.75, 3.05) is 36.0 Å². The number of nitrogens with one attached hydrogen (secondary N) is 2. The molecule has 4 N–H and O–H groups in total. The Morgan fingerprint density at radius 2 is 1.60 bits per heavy atom. The summed E-state index contributed by atoms with van der Waals surface area (Å²) in [6.45, 7) is 3.67. The van der Waals surface area contributed by atoms with Crippen molar-refractivity contribution in [3.8, 4) is 22.4 Å². The molecule has 1 atom stereocenters. The number of primary amides is 1. The third-order valence-corrected chi connectivity index (χ3v) is 13.4. The summed E-state index contributed by atoms with van der Waals surface area (Å²) < 4.78 is 17.5. The van der Waals surface area contributed by atoms with E-state index in [1.54, 1.807) is 30.5 Å². The number of H-pyrrole nitrogens is 1. The molecule has 5 heterocycles. The molecule has 1 unspecified atom stereocenters. The first kappa shape index (κ1) is 39.5. The molecule has 3 aromatic heterocycles. The maximum absolute atomic E-state index is 15.6. The largest absolute Gasteiger partial charge is 0.369 e. The number of aromatic nitrogens is 5. The number of imide groups is 1. The average Bonchev–Trinajstić information content (AvgIpc) is 3.59. The van der Waals surface area contributed by atoms with Gasteiger partial charge in [0, 0.05) is 92.1 Å². The molecule has 0 spiro atoms. The first-order chi connectivity index (χ1) is 29.1. The van der Waals surface area contributed by atoms with Crippen molar-refractivity contribution in [3.63, 3.8) is 0 Å². The third-order valence-electron chi connectivity index (χ3n) is 13.4.